The quantitative estimate of drug-likeness (QED) is 0.532. The molecule has 1 N–H and O–H groups in total. The zero-order valence-corrected chi connectivity index (χ0v) is 13.8. The minimum absolute atomic E-state index is 0.102. The highest BCUT2D eigenvalue weighted by molar-refractivity contribution is 5.92. The van der Waals surface area contributed by atoms with Crippen molar-refractivity contribution < 1.29 is 14.3 Å². The fourth-order valence-corrected chi connectivity index (χ4v) is 1.79. The Morgan fingerprint density at radius 3 is 2.77 bits per heavy atom. The summed E-state index contributed by atoms with van der Waals surface area (Å²) in [5.74, 6) is 0.702. The van der Waals surface area contributed by atoms with Gasteiger partial charge in [-0.3, -0.25) is 4.79 Å². The van der Waals surface area contributed by atoms with Crippen LogP contribution in [-0.4, -0.2) is 31.8 Å². The van der Waals surface area contributed by atoms with Crippen LogP contribution in [0.15, 0.2) is 30.3 Å². The molecule has 0 spiro atoms. The second-order valence-electron chi connectivity index (χ2n) is 5.28. The van der Waals surface area contributed by atoms with Crippen LogP contribution < -0.4 is 10.1 Å². The van der Waals surface area contributed by atoms with Gasteiger partial charge in [0.15, 0.2) is 0 Å². The molecule has 1 amide bonds. The summed E-state index contributed by atoms with van der Waals surface area (Å²) < 4.78 is 11.1. The first kappa shape index (κ1) is 18.2. The Labute approximate surface area is 133 Å². The Balaban J connectivity index is 2.39. The number of hydrogen-bond acceptors (Lipinski definition) is 3. The van der Waals surface area contributed by atoms with Crippen molar-refractivity contribution in [2.45, 2.75) is 39.7 Å². The maximum atomic E-state index is 11.8. The third kappa shape index (κ3) is 7.84. The molecule has 0 fully saturated rings. The van der Waals surface area contributed by atoms with Gasteiger partial charge in [-0.05, 0) is 38.8 Å². The molecule has 122 valence electrons. The van der Waals surface area contributed by atoms with E-state index in [9.17, 15) is 4.79 Å². The predicted molar refractivity (Wildman–Crippen MR) is 90.0 cm³/mol. The normalized spacial score (nSPS) is 11.1. The molecule has 1 aromatic rings. The van der Waals surface area contributed by atoms with E-state index in [1.165, 1.54) is 6.08 Å². The lowest BCUT2D eigenvalue weighted by atomic mass is 10.2. The van der Waals surface area contributed by atoms with Crippen LogP contribution in [-0.2, 0) is 9.53 Å². The largest absolute Gasteiger partial charge is 0.493 e. The van der Waals surface area contributed by atoms with Crippen molar-refractivity contribution in [3.63, 3.8) is 0 Å². The summed E-state index contributed by atoms with van der Waals surface area (Å²) in [6.45, 7) is 8.01. The summed E-state index contributed by atoms with van der Waals surface area (Å²) in [6.07, 6.45) is 5.32. The van der Waals surface area contributed by atoms with Gasteiger partial charge in [0, 0.05) is 24.8 Å². The predicted octanol–water partition coefficient (Wildman–Crippen LogP) is 3.42. The number of nitrogens with one attached hydrogen (secondary N) is 1. The minimum Gasteiger partial charge on any atom is -0.493 e. The highest BCUT2D eigenvalue weighted by Gasteiger charge is 2.01. The van der Waals surface area contributed by atoms with E-state index in [2.05, 4.69) is 12.2 Å². The first-order chi connectivity index (χ1) is 10.6. The summed E-state index contributed by atoms with van der Waals surface area (Å²) >= 11 is 0. The minimum atomic E-state index is -0.102. The topological polar surface area (TPSA) is 47.6 Å². The van der Waals surface area contributed by atoms with E-state index in [0.717, 1.165) is 24.2 Å². The number of amides is 1. The molecule has 0 bridgehead atoms. The number of ether oxygens (including phenoxy) is 2. The molecule has 0 aliphatic rings. The number of benzene rings is 1. The average molecular weight is 305 g/mol. The SMILES string of the molecule is CCCOc1ccccc1/C=C/C(=O)NCCCOC(C)C. The van der Waals surface area contributed by atoms with Crippen molar-refractivity contribution >= 4 is 12.0 Å². The van der Waals surface area contributed by atoms with Gasteiger partial charge in [-0.25, -0.2) is 0 Å². The van der Waals surface area contributed by atoms with Crippen LogP contribution in [0.1, 0.15) is 39.2 Å². The van der Waals surface area contributed by atoms with Crippen LogP contribution in [0, 0.1) is 0 Å². The van der Waals surface area contributed by atoms with E-state index in [1.54, 1.807) is 6.08 Å². The van der Waals surface area contributed by atoms with Crippen molar-refractivity contribution in [2.24, 2.45) is 0 Å². The van der Waals surface area contributed by atoms with E-state index in [0.29, 0.717) is 19.8 Å². The molecule has 4 nitrogen and oxygen atoms in total. The third-order valence-corrected chi connectivity index (χ3v) is 2.87. The first-order valence-electron chi connectivity index (χ1n) is 7.92. The third-order valence-electron chi connectivity index (χ3n) is 2.87. The molecule has 0 aromatic heterocycles. The molecular formula is C18H27NO3. The lowest BCUT2D eigenvalue weighted by molar-refractivity contribution is -0.116. The van der Waals surface area contributed by atoms with Crippen molar-refractivity contribution in [3.8, 4) is 5.75 Å². The fraction of sp³-hybridized carbons (Fsp3) is 0.500. The number of carbonyl (C=O) groups is 1. The smallest absolute Gasteiger partial charge is 0.244 e. The van der Waals surface area contributed by atoms with Gasteiger partial charge in [0.1, 0.15) is 5.75 Å². The van der Waals surface area contributed by atoms with Crippen molar-refractivity contribution in [3.05, 3.63) is 35.9 Å². The van der Waals surface area contributed by atoms with Gasteiger partial charge in [0.25, 0.3) is 0 Å². The summed E-state index contributed by atoms with van der Waals surface area (Å²) in [6, 6.07) is 7.71. The number of carbonyl (C=O) groups excluding carboxylic acids is 1. The maximum absolute atomic E-state index is 11.8. The maximum Gasteiger partial charge on any atom is 0.244 e. The molecular weight excluding hydrogens is 278 g/mol. The van der Waals surface area contributed by atoms with Crippen molar-refractivity contribution in [1.29, 1.82) is 0 Å². The fourth-order valence-electron chi connectivity index (χ4n) is 1.79. The zero-order chi connectivity index (χ0) is 16.2. The molecule has 0 unspecified atom stereocenters. The summed E-state index contributed by atoms with van der Waals surface area (Å²) in [5.41, 5.74) is 0.911. The molecule has 22 heavy (non-hydrogen) atoms. The molecule has 0 aliphatic heterocycles. The molecule has 0 heterocycles. The van der Waals surface area contributed by atoms with Crippen LogP contribution >= 0.6 is 0 Å². The second-order valence-corrected chi connectivity index (χ2v) is 5.28. The van der Waals surface area contributed by atoms with Crippen molar-refractivity contribution in [2.75, 3.05) is 19.8 Å². The van der Waals surface area contributed by atoms with Gasteiger partial charge in [-0.1, -0.05) is 25.1 Å². The Morgan fingerprint density at radius 1 is 1.27 bits per heavy atom. The van der Waals surface area contributed by atoms with E-state index < -0.39 is 0 Å². The number of rotatable bonds is 10. The van der Waals surface area contributed by atoms with Crippen LogP contribution in [0.3, 0.4) is 0 Å². The molecule has 0 saturated heterocycles. The van der Waals surface area contributed by atoms with E-state index >= 15 is 0 Å². The van der Waals surface area contributed by atoms with Crippen molar-refractivity contribution in [1.82, 2.24) is 5.32 Å². The van der Waals surface area contributed by atoms with Gasteiger partial charge in [0.2, 0.25) is 5.91 Å². The van der Waals surface area contributed by atoms with Crippen LogP contribution in [0.4, 0.5) is 0 Å². The summed E-state index contributed by atoms with van der Waals surface area (Å²) in [4.78, 5) is 11.8. The monoisotopic (exact) mass is 305 g/mol. The van der Waals surface area contributed by atoms with E-state index in [1.807, 2.05) is 38.1 Å². The first-order valence-corrected chi connectivity index (χ1v) is 7.92. The Kier molecular flexibility index (Phi) is 9.00. The van der Waals surface area contributed by atoms with Gasteiger partial charge in [-0.15, -0.1) is 0 Å². The molecule has 4 heteroatoms. The lowest BCUT2D eigenvalue weighted by Gasteiger charge is -2.08. The molecule has 0 saturated carbocycles. The highest BCUT2D eigenvalue weighted by Crippen LogP contribution is 2.19. The summed E-state index contributed by atoms with van der Waals surface area (Å²) in [5, 5.41) is 2.84. The van der Waals surface area contributed by atoms with Gasteiger partial charge in [0.05, 0.1) is 12.7 Å². The van der Waals surface area contributed by atoms with Crippen LogP contribution in [0.5, 0.6) is 5.75 Å². The van der Waals surface area contributed by atoms with Gasteiger partial charge >= 0.3 is 0 Å². The number of para-hydroxylation sites is 1. The molecule has 1 aromatic carbocycles. The van der Waals surface area contributed by atoms with Gasteiger partial charge in [-0.2, -0.15) is 0 Å². The average Bonchev–Trinajstić information content (AvgIpc) is 2.51. The molecule has 1 rings (SSSR count). The Bertz CT molecular complexity index is 469. The van der Waals surface area contributed by atoms with E-state index in [4.69, 9.17) is 9.47 Å². The molecule has 0 radical (unpaired) electrons. The molecule has 0 atom stereocenters. The summed E-state index contributed by atoms with van der Waals surface area (Å²) in [7, 11) is 0. The lowest BCUT2D eigenvalue weighted by Crippen LogP contribution is -2.23. The Morgan fingerprint density at radius 2 is 2.05 bits per heavy atom. The van der Waals surface area contributed by atoms with E-state index in [-0.39, 0.29) is 12.0 Å². The van der Waals surface area contributed by atoms with Gasteiger partial charge < -0.3 is 14.8 Å². The standard InChI is InChI=1S/C18H27NO3/c1-4-13-22-17-9-6-5-8-16(17)10-11-18(20)19-12-7-14-21-15(2)3/h5-6,8-11,15H,4,7,12-14H2,1-3H3,(H,19,20)/b11-10+. The van der Waals surface area contributed by atoms with Crippen LogP contribution in [0.25, 0.3) is 6.08 Å². The molecule has 0 aliphatic carbocycles. The zero-order valence-electron chi connectivity index (χ0n) is 13.8. The number of hydrogen-bond donors (Lipinski definition) is 1. The second kappa shape index (κ2) is 10.9. The Hall–Kier alpha value is -1.81. The van der Waals surface area contributed by atoms with Crippen LogP contribution in [0.2, 0.25) is 0 Å². The highest BCUT2D eigenvalue weighted by atomic mass is 16.5.